The lowest BCUT2D eigenvalue weighted by Crippen LogP contribution is -2.35. The predicted octanol–water partition coefficient (Wildman–Crippen LogP) is 0.541. The maximum atomic E-state index is 12.1. The molecule has 0 atom stereocenters. The number of amides is 1. The van der Waals surface area contributed by atoms with Gasteiger partial charge in [0, 0.05) is 38.8 Å². The minimum atomic E-state index is -0.402. The van der Waals surface area contributed by atoms with Crippen molar-refractivity contribution in [1.29, 1.82) is 0 Å². The van der Waals surface area contributed by atoms with E-state index in [1.165, 1.54) is 9.25 Å². The highest BCUT2D eigenvalue weighted by Gasteiger charge is 2.38. The molecule has 0 saturated heterocycles. The zero-order valence-electron chi connectivity index (χ0n) is 13.2. The van der Waals surface area contributed by atoms with Gasteiger partial charge in [0.1, 0.15) is 12.4 Å². The van der Waals surface area contributed by atoms with Crippen molar-refractivity contribution in [3.05, 3.63) is 16.3 Å². The van der Waals surface area contributed by atoms with Crippen molar-refractivity contribution in [1.82, 2.24) is 19.7 Å². The van der Waals surface area contributed by atoms with Crippen LogP contribution in [0, 0.1) is 12.3 Å². The SMILES string of the molecule is C#CCCC1(CCNC(=O)Cn2nc(C3CC3)n(C)c2=O)N=N1. The van der Waals surface area contributed by atoms with Crippen LogP contribution in [-0.2, 0) is 18.4 Å². The highest BCUT2D eigenvalue weighted by molar-refractivity contribution is 5.75. The third-order valence-electron chi connectivity index (χ3n) is 4.21. The molecule has 0 aromatic carbocycles. The molecule has 8 heteroatoms. The number of carbonyl (C=O) groups is 1. The lowest BCUT2D eigenvalue weighted by Gasteiger charge is -2.09. The molecule has 0 spiro atoms. The normalized spacial score (nSPS) is 17.7. The molecule has 1 saturated carbocycles. The number of rotatable bonds is 8. The summed E-state index contributed by atoms with van der Waals surface area (Å²) in [6.45, 7) is 0.387. The van der Waals surface area contributed by atoms with Gasteiger partial charge < -0.3 is 5.32 Å². The summed E-state index contributed by atoms with van der Waals surface area (Å²) in [7, 11) is 1.70. The van der Waals surface area contributed by atoms with E-state index >= 15 is 0 Å². The van der Waals surface area contributed by atoms with E-state index in [1.807, 2.05) is 0 Å². The summed E-state index contributed by atoms with van der Waals surface area (Å²) < 4.78 is 2.75. The van der Waals surface area contributed by atoms with E-state index in [0.29, 0.717) is 31.7 Å². The summed E-state index contributed by atoms with van der Waals surface area (Å²) in [4.78, 5) is 24.0. The average molecular weight is 316 g/mol. The Morgan fingerprint density at radius 1 is 1.43 bits per heavy atom. The van der Waals surface area contributed by atoms with Gasteiger partial charge in [0.15, 0.2) is 5.66 Å². The number of hydrogen-bond acceptors (Lipinski definition) is 5. The van der Waals surface area contributed by atoms with Crippen molar-refractivity contribution in [3.63, 3.8) is 0 Å². The molecule has 1 N–H and O–H groups in total. The molecule has 1 amide bonds. The van der Waals surface area contributed by atoms with E-state index in [9.17, 15) is 9.59 Å². The summed E-state index contributed by atoms with van der Waals surface area (Å²) in [5.74, 6) is 3.47. The second kappa shape index (κ2) is 5.99. The number of aromatic nitrogens is 3. The number of nitrogens with zero attached hydrogens (tertiary/aromatic N) is 5. The van der Waals surface area contributed by atoms with Gasteiger partial charge in [-0.05, 0) is 12.8 Å². The van der Waals surface area contributed by atoms with Crippen LogP contribution in [0.4, 0.5) is 0 Å². The molecule has 1 fully saturated rings. The van der Waals surface area contributed by atoms with Crippen LogP contribution in [0.5, 0.6) is 0 Å². The first-order chi connectivity index (χ1) is 11.0. The fourth-order valence-electron chi connectivity index (χ4n) is 2.57. The molecule has 0 bridgehead atoms. The van der Waals surface area contributed by atoms with Crippen LogP contribution in [0.1, 0.15) is 43.8 Å². The molecule has 1 aliphatic carbocycles. The minimum Gasteiger partial charge on any atom is -0.354 e. The maximum Gasteiger partial charge on any atom is 0.346 e. The molecule has 0 radical (unpaired) electrons. The fourth-order valence-corrected chi connectivity index (χ4v) is 2.57. The van der Waals surface area contributed by atoms with E-state index in [-0.39, 0.29) is 18.1 Å². The Kier molecular flexibility index (Phi) is 4.03. The van der Waals surface area contributed by atoms with E-state index in [4.69, 9.17) is 6.42 Å². The smallest absolute Gasteiger partial charge is 0.346 e. The van der Waals surface area contributed by atoms with E-state index in [2.05, 4.69) is 26.6 Å². The van der Waals surface area contributed by atoms with Crippen LogP contribution in [-0.4, -0.2) is 32.5 Å². The Hall–Kier alpha value is -2.43. The molecule has 1 aliphatic heterocycles. The average Bonchev–Trinajstić information content (AvgIpc) is 3.43. The molecule has 3 rings (SSSR count). The zero-order chi connectivity index (χ0) is 16.4. The van der Waals surface area contributed by atoms with E-state index in [0.717, 1.165) is 18.7 Å². The molecule has 2 heterocycles. The Labute approximate surface area is 134 Å². The second-order valence-corrected chi connectivity index (χ2v) is 6.12. The van der Waals surface area contributed by atoms with Crippen molar-refractivity contribution < 1.29 is 4.79 Å². The third kappa shape index (κ3) is 3.50. The molecular weight excluding hydrogens is 296 g/mol. The Morgan fingerprint density at radius 3 is 2.78 bits per heavy atom. The van der Waals surface area contributed by atoms with Crippen molar-refractivity contribution in [2.75, 3.05) is 6.54 Å². The number of nitrogens with one attached hydrogen (secondary N) is 1. The van der Waals surface area contributed by atoms with Gasteiger partial charge >= 0.3 is 5.69 Å². The van der Waals surface area contributed by atoms with Gasteiger partial charge in [0.2, 0.25) is 5.91 Å². The first-order valence-electron chi connectivity index (χ1n) is 7.82. The molecule has 2 aliphatic rings. The van der Waals surface area contributed by atoms with Crippen LogP contribution >= 0.6 is 0 Å². The van der Waals surface area contributed by atoms with E-state index < -0.39 is 5.66 Å². The molecule has 8 nitrogen and oxygen atoms in total. The van der Waals surface area contributed by atoms with E-state index in [1.54, 1.807) is 7.05 Å². The number of carbonyl (C=O) groups excluding carboxylic acids is 1. The lowest BCUT2D eigenvalue weighted by atomic mass is 10.0. The maximum absolute atomic E-state index is 12.1. The monoisotopic (exact) mass is 316 g/mol. The Bertz CT molecular complexity index is 728. The number of terminal acetylenes is 1. The fraction of sp³-hybridized carbons (Fsp3) is 0.667. The van der Waals surface area contributed by atoms with Crippen molar-refractivity contribution in [2.24, 2.45) is 17.3 Å². The highest BCUT2D eigenvalue weighted by Crippen LogP contribution is 2.38. The Morgan fingerprint density at radius 2 is 2.17 bits per heavy atom. The predicted molar refractivity (Wildman–Crippen MR) is 82.7 cm³/mol. The van der Waals surface area contributed by atoms with Crippen LogP contribution in [0.15, 0.2) is 15.0 Å². The summed E-state index contributed by atoms with van der Waals surface area (Å²) in [5, 5.41) is 15.1. The molecule has 0 unspecified atom stereocenters. The van der Waals surface area contributed by atoms with Gasteiger partial charge in [-0.3, -0.25) is 9.36 Å². The zero-order valence-corrected chi connectivity index (χ0v) is 13.2. The topological polar surface area (TPSA) is 93.6 Å². The summed E-state index contributed by atoms with van der Waals surface area (Å²) in [6.07, 6.45) is 9.31. The summed E-state index contributed by atoms with van der Waals surface area (Å²) in [5.41, 5.74) is -0.652. The van der Waals surface area contributed by atoms with Gasteiger partial charge in [-0.1, -0.05) is 0 Å². The van der Waals surface area contributed by atoms with Crippen LogP contribution in [0.25, 0.3) is 0 Å². The van der Waals surface area contributed by atoms with Gasteiger partial charge in [0.05, 0.1) is 0 Å². The standard InChI is InChI=1S/C15H20N6O2/c1-3-4-7-15(18-19-15)8-9-16-12(22)10-21-14(23)20(2)13(17-21)11-5-6-11/h1,11H,4-10H2,2H3,(H,16,22). The quantitative estimate of drug-likeness (QED) is 0.709. The van der Waals surface area contributed by atoms with Gasteiger partial charge in [-0.25, -0.2) is 9.48 Å². The first kappa shape index (κ1) is 15.5. The second-order valence-electron chi connectivity index (χ2n) is 6.12. The van der Waals surface area contributed by atoms with Gasteiger partial charge in [-0.2, -0.15) is 15.3 Å². The first-order valence-corrected chi connectivity index (χ1v) is 7.82. The van der Waals surface area contributed by atoms with Gasteiger partial charge in [-0.15, -0.1) is 12.3 Å². The van der Waals surface area contributed by atoms with Crippen molar-refractivity contribution >= 4 is 5.91 Å². The minimum absolute atomic E-state index is 0.0644. The van der Waals surface area contributed by atoms with Gasteiger partial charge in [0.25, 0.3) is 0 Å². The molecule has 23 heavy (non-hydrogen) atoms. The summed E-state index contributed by atoms with van der Waals surface area (Å²) in [6, 6.07) is 0. The molecular formula is C15H20N6O2. The lowest BCUT2D eigenvalue weighted by molar-refractivity contribution is -0.121. The van der Waals surface area contributed by atoms with Crippen LogP contribution in [0.2, 0.25) is 0 Å². The highest BCUT2D eigenvalue weighted by atomic mass is 16.2. The van der Waals surface area contributed by atoms with Crippen LogP contribution < -0.4 is 11.0 Å². The Balaban J connectivity index is 1.48. The van der Waals surface area contributed by atoms with Crippen molar-refractivity contribution in [2.45, 2.75) is 50.2 Å². The third-order valence-corrected chi connectivity index (χ3v) is 4.21. The molecule has 122 valence electrons. The number of hydrogen-bond donors (Lipinski definition) is 1. The summed E-state index contributed by atoms with van der Waals surface area (Å²) >= 11 is 0. The largest absolute Gasteiger partial charge is 0.354 e. The van der Waals surface area contributed by atoms with Crippen molar-refractivity contribution in [3.8, 4) is 12.3 Å². The molecule has 1 aromatic rings. The van der Waals surface area contributed by atoms with Crippen LogP contribution in [0.3, 0.4) is 0 Å². The molecule has 1 aromatic heterocycles.